The number of hydrogen-bond donors (Lipinski definition) is 1. The second-order valence-corrected chi connectivity index (χ2v) is 7.29. The Kier molecular flexibility index (Phi) is 5.12. The van der Waals surface area contributed by atoms with Crippen LogP contribution in [0.2, 0.25) is 5.02 Å². The van der Waals surface area contributed by atoms with E-state index in [0.717, 1.165) is 0 Å². The van der Waals surface area contributed by atoms with Gasteiger partial charge in [0.15, 0.2) is 0 Å². The molecule has 3 aromatic rings. The third-order valence-corrected chi connectivity index (χ3v) is 5.00. The summed E-state index contributed by atoms with van der Waals surface area (Å²) in [5, 5.41) is 7.91. The van der Waals surface area contributed by atoms with Crippen LogP contribution in [0.3, 0.4) is 0 Å². The zero-order chi connectivity index (χ0) is 17.9. The Labute approximate surface area is 148 Å². The molecule has 9 heteroatoms. The molecule has 0 saturated carbocycles. The van der Waals surface area contributed by atoms with Crippen molar-refractivity contribution in [3.05, 3.63) is 65.3 Å². The minimum absolute atomic E-state index is 0.0470. The van der Waals surface area contributed by atoms with Crippen LogP contribution in [-0.4, -0.2) is 25.2 Å². The van der Waals surface area contributed by atoms with Crippen molar-refractivity contribution in [3.8, 4) is 11.5 Å². The molecule has 1 heterocycles. The maximum Gasteiger partial charge on any atom is 0.250 e. The molecule has 1 N–H and O–H groups in total. The lowest BCUT2D eigenvalue weighted by Gasteiger charge is -2.05. The summed E-state index contributed by atoms with van der Waals surface area (Å²) >= 11 is 5.80. The van der Waals surface area contributed by atoms with Gasteiger partial charge in [-0.3, -0.25) is 0 Å². The molecule has 0 fully saturated rings. The van der Waals surface area contributed by atoms with Gasteiger partial charge in [-0.25, -0.2) is 17.5 Å². The lowest BCUT2D eigenvalue weighted by atomic mass is 10.2. The molecule has 0 aliphatic rings. The molecule has 1 aromatic heterocycles. The first-order chi connectivity index (χ1) is 12.0. The summed E-state index contributed by atoms with van der Waals surface area (Å²) in [4.78, 5) is 0.0672. The first-order valence-corrected chi connectivity index (χ1v) is 9.14. The van der Waals surface area contributed by atoms with E-state index in [-0.39, 0.29) is 35.2 Å². The van der Waals surface area contributed by atoms with Gasteiger partial charge in [-0.2, -0.15) is 0 Å². The molecule has 0 saturated heterocycles. The Bertz CT molecular complexity index is 992. The van der Waals surface area contributed by atoms with Crippen LogP contribution in [0.1, 0.15) is 5.89 Å². The molecule has 0 atom stereocenters. The first kappa shape index (κ1) is 17.5. The summed E-state index contributed by atoms with van der Waals surface area (Å²) in [5.41, 5.74) is 0.195. The van der Waals surface area contributed by atoms with E-state index in [1.165, 1.54) is 24.3 Å². The Hall–Kier alpha value is -2.29. The van der Waals surface area contributed by atoms with Crippen LogP contribution in [0.25, 0.3) is 11.5 Å². The lowest BCUT2D eigenvalue weighted by Crippen LogP contribution is -2.26. The predicted octanol–water partition coefficient (Wildman–Crippen LogP) is 3.05. The Balaban J connectivity index is 1.64. The second-order valence-electron chi connectivity index (χ2n) is 5.09. The van der Waals surface area contributed by atoms with Gasteiger partial charge in [-0.05, 0) is 30.3 Å². The Morgan fingerprint density at radius 1 is 1.12 bits per heavy atom. The molecule has 130 valence electrons. The van der Waals surface area contributed by atoms with Gasteiger partial charge < -0.3 is 4.42 Å². The quantitative estimate of drug-likeness (QED) is 0.709. The fraction of sp³-hybridized carbons (Fsp3) is 0.125. The van der Waals surface area contributed by atoms with Crippen LogP contribution in [-0.2, 0) is 16.4 Å². The van der Waals surface area contributed by atoms with Crippen molar-refractivity contribution >= 4 is 21.6 Å². The molecule has 3 rings (SSSR count). The first-order valence-electron chi connectivity index (χ1n) is 7.28. The number of hydrogen-bond acceptors (Lipinski definition) is 5. The number of sulfonamides is 1. The molecular weight excluding hydrogens is 369 g/mol. The van der Waals surface area contributed by atoms with Crippen molar-refractivity contribution in [2.45, 2.75) is 11.3 Å². The maximum atomic E-state index is 13.7. The number of rotatable bonds is 6. The third kappa shape index (κ3) is 4.22. The SMILES string of the molecule is O=S(=O)(NCCc1nnc(-c2ccccc2F)o1)c1cccc(Cl)c1. The van der Waals surface area contributed by atoms with Crippen LogP contribution in [0.5, 0.6) is 0 Å². The molecule has 0 unspecified atom stereocenters. The van der Waals surface area contributed by atoms with Crippen molar-refractivity contribution in [2.75, 3.05) is 6.54 Å². The van der Waals surface area contributed by atoms with Crippen LogP contribution in [0.4, 0.5) is 4.39 Å². The molecular formula is C16H13ClFN3O3S. The van der Waals surface area contributed by atoms with Crippen LogP contribution in [0.15, 0.2) is 57.8 Å². The zero-order valence-corrected chi connectivity index (χ0v) is 14.4. The van der Waals surface area contributed by atoms with Crippen LogP contribution in [0, 0.1) is 5.82 Å². The van der Waals surface area contributed by atoms with Gasteiger partial charge in [0.1, 0.15) is 5.82 Å². The van der Waals surface area contributed by atoms with E-state index in [1.54, 1.807) is 24.3 Å². The Morgan fingerprint density at radius 3 is 2.68 bits per heavy atom. The monoisotopic (exact) mass is 381 g/mol. The molecule has 0 spiro atoms. The maximum absolute atomic E-state index is 13.7. The number of aromatic nitrogens is 2. The summed E-state index contributed by atoms with van der Waals surface area (Å²) < 4.78 is 45.8. The van der Waals surface area contributed by atoms with Gasteiger partial charge in [-0.15, -0.1) is 10.2 Å². The minimum atomic E-state index is -3.69. The number of nitrogens with one attached hydrogen (secondary N) is 1. The van der Waals surface area contributed by atoms with Gasteiger partial charge in [0, 0.05) is 18.0 Å². The van der Waals surface area contributed by atoms with Gasteiger partial charge >= 0.3 is 0 Å². The number of benzene rings is 2. The standard InChI is InChI=1S/C16H13ClFN3O3S/c17-11-4-3-5-12(10-11)25(22,23)19-9-8-15-20-21-16(24-15)13-6-1-2-7-14(13)18/h1-7,10,19H,8-9H2. The number of halogens is 2. The fourth-order valence-corrected chi connectivity index (χ4v) is 3.44. The predicted molar refractivity (Wildman–Crippen MR) is 90.0 cm³/mol. The van der Waals surface area contributed by atoms with Crippen molar-refractivity contribution < 1.29 is 17.2 Å². The summed E-state index contributed by atoms with van der Waals surface area (Å²) in [6, 6.07) is 12.0. The van der Waals surface area contributed by atoms with Crippen molar-refractivity contribution in [2.24, 2.45) is 0 Å². The van der Waals surface area contributed by atoms with E-state index in [9.17, 15) is 12.8 Å². The Morgan fingerprint density at radius 2 is 1.92 bits per heavy atom. The van der Waals surface area contributed by atoms with E-state index < -0.39 is 15.8 Å². The second kappa shape index (κ2) is 7.30. The van der Waals surface area contributed by atoms with E-state index in [2.05, 4.69) is 14.9 Å². The van der Waals surface area contributed by atoms with E-state index in [1.807, 2.05) is 0 Å². The third-order valence-electron chi connectivity index (χ3n) is 3.31. The van der Waals surface area contributed by atoms with E-state index in [0.29, 0.717) is 5.02 Å². The molecule has 25 heavy (non-hydrogen) atoms. The summed E-state index contributed by atoms with van der Waals surface area (Å²) in [6.07, 6.45) is 0.168. The molecule has 6 nitrogen and oxygen atoms in total. The number of nitrogens with zero attached hydrogens (tertiary/aromatic N) is 2. The van der Waals surface area contributed by atoms with Gasteiger partial charge in [-0.1, -0.05) is 29.8 Å². The topological polar surface area (TPSA) is 85.1 Å². The molecule has 2 aromatic carbocycles. The molecule has 0 radical (unpaired) electrons. The van der Waals surface area contributed by atoms with Crippen molar-refractivity contribution in [1.29, 1.82) is 0 Å². The largest absolute Gasteiger partial charge is 0.421 e. The van der Waals surface area contributed by atoms with Gasteiger partial charge in [0.2, 0.25) is 15.9 Å². The summed E-state index contributed by atoms with van der Waals surface area (Å²) in [7, 11) is -3.69. The highest BCUT2D eigenvalue weighted by Gasteiger charge is 2.16. The zero-order valence-electron chi connectivity index (χ0n) is 12.8. The van der Waals surface area contributed by atoms with Crippen molar-refractivity contribution in [1.82, 2.24) is 14.9 Å². The highest BCUT2D eigenvalue weighted by molar-refractivity contribution is 7.89. The van der Waals surface area contributed by atoms with Crippen molar-refractivity contribution in [3.63, 3.8) is 0 Å². The molecule has 0 aliphatic heterocycles. The van der Waals surface area contributed by atoms with Gasteiger partial charge in [0.25, 0.3) is 5.89 Å². The average molecular weight is 382 g/mol. The molecule has 0 amide bonds. The molecule has 0 aliphatic carbocycles. The normalized spacial score (nSPS) is 11.6. The van der Waals surface area contributed by atoms with E-state index >= 15 is 0 Å². The molecule has 0 bridgehead atoms. The summed E-state index contributed by atoms with van der Waals surface area (Å²) in [5.74, 6) is -0.225. The fourth-order valence-electron chi connectivity index (χ4n) is 2.11. The van der Waals surface area contributed by atoms with Crippen LogP contribution >= 0.6 is 11.6 Å². The highest BCUT2D eigenvalue weighted by Crippen LogP contribution is 2.21. The summed E-state index contributed by atoms with van der Waals surface area (Å²) in [6.45, 7) is 0.0494. The highest BCUT2D eigenvalue weighted by atomic mass is 35.5. The average Bonchev–Trinajstić information content (AvgIpc) is 3.04. The lowest BCUT2D eigenvalue weighted by molar-refractivity contribution is 0.498. The smallest absolute Gasteiger partial charge is 0.250 e. The van der Waals surface area contributed by atoms with E-state index in [4.69, 9.17) is 16.0 Å². The minimum Gasteiger partial charge on any atom is -0.421 e. The van der Waals surface area contributed by atoms with Crippen LogP contribution < -0.4 is 4.72 Å². The van der Waals surface area contributed by atoms with Gasteiger partial charge in [0.05, 0.1) is 10.5 Å².